The van der Waals surface area contributed by atoms with E-state index < -0.39 is 12.5 Å². The van der Waals surface area contributed by atoms with Crippen LogP contribution < -0.4 is 4.74 Å². The highest BCUT2D eigenvalue weighted by molar-refractivity contribution is 5.78. The molecule has 0 radical (unpaired) electrons. The van der Waals surface area contributed by atoms with Crippen LogP contribution in [0.2, 0.25) is 0 Å². The van der Waals surface area contributed by atoms with Crippen LogP contribution in [-0.4, -0.2) is 18.3 Å². The Labute approximate surface area is 135 Å². The Morgan fingerprint density at radius 3 is 2.26 bits per heavy atom. The Bertz CT molecular complexity index is 622. The van der Waals surface area contributed by atoms with E-state index in [0.29, 0.717) is 18.6 Å². The molecule has 0 unspecified atom stereocenters. The van der Waals surface area contributed by atoms with Gasteiger partial charge < -0.3 is 4.74 Å². The van der Waals surface area contributed by atoms with E-state index in [4.69, 9.17) is 4.74 Å². The third-order valence-corrected chi connectivity index (χ3v) is 3.45. The van der Waals surface area contributed by atoms with Gasteiger partial charge in [0.25, 0.3) is 5.92 Å². The van der Waals surface area contributed by atoms with Gasteiger partial charge >= 0.3 is 0 Å². The molecule has 4 heteroatoms. The molecule has 0 bridgehead atoms. The second-order valence-corrected chi connectivity index (χ2v) is 5.65. The Balaban J connectivity index is 1.82. The minimum Gasteiger partial charge on any atom is -0.487 e. The average molecular weight is 318 g/mol. The molecule has 0 N–H and O–H groups in total. The first-order valence-corrected chi connectivity index (χ1v) is 7.57. The SMILES string of the molecule is CC(=O)Cc1ccc(OCC(F)(F)CCc2ccccc2)cc1. The van der Waals surface area contributed by atoms with E-state index in [1.54, 1.807) is 24.3 Å². The van der Waals surface area contributed by atoms with Crippen LogP contribution in [0.1, 0.15) is 24.5 Å². The number of rotatable bonds is 8. The number of alkyl halides is 2. The van der Waals surface area contributed by atoms with Crippen LogP contribution in [0.25, 0.3) is 0 Å². The number of benzene rings is 2. The van der Waals surface area contributed by atoms with Crippen LogP contribution >= 0.6 is 0 Å². The molecular formula is C19H20F2O2. The largest absolute Gasteiger partial charge is 0.487 e. The van der Waals surface area contributed by atoms with Crippen LogP contribution in [-0.2, 0) is 17.6 Å². The number of aryl methyl sites for hydroxylation is 1. The number of Topliss-reactive ketones (excluding diaryl/α,β-unsaturated/α-hetero) is 1. The summed E-state index contributed by atoms with van der Waals surface area (Å²) in [5.74, 6) is -2.43. The zero-order valence-corrected chi connectivity index (χ0v) is 13.1. The van der Waals surface area contributed by atoms with Gasteiger partial charge in [-0.25, -0.2) is 8.78 Å². The summed E-state index contributed by atoms with van der Waals surface area (Å²) in [6.45, 7) is 0.865. The molecule has 0 fully saturated rings. The lowest BCUT2D eigenvalue weighted by molar-refractivity contribution is -0.116. The number of ketones is 1. The molecule has 2 aromatic carbocycles. The molecule has 0 aliphatic heterocycles. The average Bonchev–Trinajstić information content (AvgIpc) is 2.53. The molecule has 2 nitrogen and oxygen atoms in total. The van der Waals surface area contributed by atoms with Crippen molar-refractivity contribution in [1.29, 1.82) is 0 Å². The van der Waals surface area contributed by atoms with Crippen molar-refractivity contribution in [2.45, 2.75) is 32.1 Å². The van der Waals surface area contributed by atoms with Gasteiger partial charge in [-0.05, 0) is 36.6 Å². The molecule has 0 aliphatic carbocycles. The third-order valence-electron chi connectivity index (χ3n) is 3.45. The van der Waals surface area contributed by atoms with E-state index in [1.165, 1.54) is 6.92 Å². The zero-order valence-electron chi connectivity index (χ0n) is 13.1. The Morgan fingerprint density at radius 1 is 1.00 bits per heavy atom. The fourth-order valence-electron chi connectivity index (χ4n) is 2.22. The van der Waals surface area contributed by atoms with Crippen molar-refractivity contribution in [3.05, 3.63) is 65.7 Å². The number of carbonyl (C=O) groups is 1. The Kier molecular flexibility index (Phi) is 5.85. The monoisotopic (exact) mass is 318 g/mol. The van der Waals surface area contributed by atoms with E-state index in [-0.39, 0.29) is 12.2 Å². The molecule has 0 aliphatic rings. The van der Waals surface area contributed by atoms with Crippen LogP contribution in [0.4, 0.5) is 8.78 Å². The number of hydrogen-bond acceptors (Lipinski definition) is 2. The van der Waals surface area contributed by atoms with E-state index in [9.17, 15) is 13.6 Å². The maximum Gasteiger partial charge on any atom is 0.281 e. The van der Waals surface area contributed by atoms with Gasteiger partial charge in [-0.2, -0.15) is 0 Å². The second-order valence-electron chi connectivity index (χ2n) is 5.65. The topological polar surface area (TPSA) is 26.3 Å². The molecule has 0 atom stereocenters. The summed E-state index contributed by atoms with van der Waals surface area (Å²) in [5, 5.41) is 0. The van der Waals surface area contributed by atoms with Crippen molar-refractivity contribution in [3.63, 3.8) is 0 Å². The quantitative estimate of drug-likeness (QED) is 0.718. The van der Waals surface area contributed by atoms with Crippen molar-refractivity contribution in [2.24, 2.45) is 0 Å². The summed E-state index contributed by atoms with van der Waals surface area (Å²) in [4.78, 5) is 11.0. The predicted octanol–water partition coefficient (Wildman–Crippen LogP) is 4.47. The molecule has 0 amide bonds. The van der Waals surface area contributed by atoms with Gasteiger partial charge in [0, 0.05) is 12.8 Å². The minimum absolute atomic E-state index is 0.0612. The van der Waals surface area contributed by atoms with E-state index >= 15 is 0 Å². The first-order chi connectivity index (χ1) is 10.9. The molecule has 2 rings (SSSR count). The fraction of sp³-hybridized carbons (Fsp3) is 0.316. The molecule has 2 aromatic rings. The fourth-order valence-corrected chi connectivity index (χ4v) is 2.22. The summed E-state index contributed by atoms with van der Waals surface area (Å²) >= 11 is 0. The molecular weight excluding hydrogens is 298 g/mol. The number of ether oxygens (including phenoxy) is 1. The van der Waals surface area contributed by atoms with E-state index in [1.807, 2.05) is 30.3 Å². The highest BCUT2D eigenvalue weighted by Gasteiger charge is 2.29. The van der Waals surface area contributed by atoms with Crippen molar-refractivity contribution < 1.29 is 18.3 Å². The highest BCUT2D eigenvalue weighted by Crippen LogP contribution is 2.23. The number of carbonyl (C=O) groups excluding carboxylic acids is 1. The first-order valence-electron chi connectivity index (χ1n) is 7.57. The lowest BCUT2D eigenvalue weighted by Crippen LogP contribution is -2.26. The number of halogens is 2. The van der Waals surface area contributed by atoms with Crippen molar-refractivity contribution >= 4 is 5.78 Å². The van der Waals surface area contributed by atoms with Crippen LogP contribution in [0, 0.1) is 0 Å². The molecule has 122 valence electrons. The van der Waals surface area contributed by atoms with E-state index in [0.717, 1.165) is 11.1 Å². The maximum absolute atomic E-state index is 13.9. The second kappa shape index (κ2) is 7.86. The van der Waals surface area contributed by atoms with Crippen LogP contribution in [0.5, 0.6) is 5.75 Å². The molecule has 0 saturated heterocycles. The predicted molar refractivity (Wildman–Crippen MR) is 86.0 cm³/mol. The minimum atomic E-state index is -2.88. The normalized spacial score (nSPS) is 11.3. The molecule has 0 aromatic heterocycles. The van der Waals surface area contributed by atoms with Gasteiger partial charge in [0.2, 0.25) is 0 Å². The van der Waals surface area contributed by atoms with Gasteiger partial charge in [0.05, 0.1) is 0 Å². The summed E-state index contributed by atoms with van der Waals surface area (Å²) < 4.78 is 32.9. The Morgan fingerprint density at radius 2 is 1.65 bits per heavy atom. The molecule has 0 saturated carbocycles. The smallest absolute Gasteiger partial charge is 0.281 e. The van der Waals surface area contributed by atoms with Gasteiger partial charge in [0.15, 0.2) is 6.61 Å². The van der Waals surface area contributed by atoms with Crippen molar-refractivity contribution in [1.82, 2.24) is 0 Å². The molecule has 0 spiro atoms. The van der Waals surface area contributed by atoms with E-state index in [2.05, 4.69) is 0 Å². The highest BCUT2D eigenvalue weighted by atomic mass is 19.3. The van der Waals surface area contributed by atoms with Gasteiger partial charge in [0.1, 0.15) is 11.5 Å². The lowest BCUT2D eigenvalue weighted by atomic mass is 10.1. The van der Waals surface area contributed by atoms with Gasteiger partial charge in [-0.3, -0.25) is 4.79 Å². The summed E-state index contributed by atoms with van der Waals surface area (Å²) in [6, 6.07) is 15.9. The Hall–Kier alpha value is -2.23. The lowest BCUT2D eigenvalue weighted by Gasteiger charge is -2.17. The third kappa shape index (κ3) is 6.19. The zero-order chi connectivity index (χ0) is 16.7. The molecule has 0 heterocycles. The van der Waals surface area contributed by atoms with Crippen LogP contribution in [0.15, 0.2) is 54.6 Å². The number of hydrogen-bond donors (Lipinski definition) is 0. The molecule has 23 heavy (non-hydrogen) atoms. The maximum atomic E-state index is 13.9. The van der Waals surface area contributed by atoms with Gasteiger partial charge in [-0.15, -0.1) is 0 Å². The first kappa shape index (κ1) is 17.1. The van der Waals surface area contributed by atoms with Gasteiger partial charge in [-0.1, -0.05) is 42.5 Å². The summed E-state index contributed by atoms with van der Waals surface area (Å²) in [7, 11) is 0. The summed E-state index contributed by atoms with van der Waals surface area (Å²) in [5.41, 5.74) is 1.74. The standard InChI is InChI=1S/C19H20F2O2/c1-15(22)13-17-7-9-18(10-8-17)23-14-19(20,21)12-11-16-5-3-2-4-6-16/h2-10H,11-14H2,1H3. The summed E-state index contributed by atoms with van der Waals surface area (Å²) in [6.07, 6.45) is 0.404. The van der Waals surface area contributed by atoms with Crippen molar-refractivity contribution in [3.8, 4) is 5.75 Å². The van der Waals surface area contributed by atoms with Crippen molar-refractivity contribution in [2.75, 3.05) is 6.61 Å². The van der Waals surface area contributed by atoms with Crippen LogP contribution in [0.3, 0.4) is 0 Å².